The zero-order chi connectivity index (χ0) is 27.0. The van der Waals surface area contributed by atoms with Gasteiger partial charge in [0.25, 0.3) is 0 Å². The lowest BCUT2D eigenvalue weighted by Gasteiger charge is -2.41. The minimum absolute atomic E-state index is 0.157. The average molecular weight is 535 g/mol. The second-order valence-electron chi connectivity index (χ2n) is 8.91. The van der Waals surface area contributed by atoms with Crippen LogP contribution in [-0.2, 0) is 0 Å². The first-order valence-corrected chi connectivity index (χ1v) is 11.9. The zero-order valence-electron chi connectivity index (χ0n) is 19.9. The minimum Gasteiger partial charge on any atom is -0.423 e. The Kier molecular flexibility index (Phi) is 6.72. The molecule has 0 saturated carbocycles. The number of halogens is 6. The molecule has 0 unspecified atom stereocenters. The third kappa shape index (κ3) is 5.02. The van der Waals surface area contributed by atoms with Crippen molar-refractivity contribution in [2.24, 2.45) is 4.99 Å². The fourth-order valence-corrected chi connectivity index (χ4v) is 4.69. The van der Waals surface area contributed by atoms with Gasteiger partial charge in [0.15, 0.2) is 11.5 Å². The number of fused-ring (bicyclic) bond motifs is 1. The molecule has 0 atom stereocenters. The van der Waals surface area contributed by atoms with E-state index in [1.54, 1.807) is 0 Å². The molecule has 0 bridgehead atoms. The average Bonchev–Trinajstić information content (AvgIpc) is 3.29. The number of nitrogens with zero attached hydrogens (tertiary/aromatic N) is 3. The minimum atomic E-state index is -5.38. The van der Waals surface area contributed by atoms with Crippen molar-refractivity contribution in [1.29, 1.82) is 0 Å². The summed E-state index contributed by atoms with van der Waals surface area (Å²) < 4.78 is 94.5. The fraction of sp³-hybridized carbons (Fsp3) is 0.296. The molecule has 2 aliphatic rings. The molecule has 11 heteroatoms. The number of hydrogen-bond acceptors (Lipinski definition) is 4. The van der Waals surface area contributed by atoms with Crippen LogP contribution in [0, 0.1) is 0 Å². The van der Waals surface area contributed by atoms with E-state index in [1.807, 2.05) is 65.6 Å². The van der Waals surface area contributed by atoms with Gasteiger partial charge in [-0.25, -0.2) is 0 Å². The van der Waals surface area contributed by atoms with Crippen molar-refractivity contribution in [2.75, 3.05) is 26.2 Å². The number of aliphatic imine (C=N–C) groups is 1. The number of benzene rings is 3. The lowest BCUT2D eigenvalue weighted by Crippen LogP contribution is -2.57. The van der Waals surface area contributed by atoms with Crippen LogP contribution in [0.15, 0.2) is 89.9 Å². The quantitative estimate of drug-likeness (QED) is 0.232. The van der Waals surface area contributed by atoms with E-state index >= 15 is 0 Å². The van der Waals surface area contributed by atoms with E-state index in [4.69, 9.17) is 9.47 Å². The molecule has 3 aromatic carbocycles. The van der Waals surface area contributed by atoms with Crippen LogP contribution < -0.4 is 9.47 Å². The van der Waals surface area contributed by atoms with E-state index < -0.39 is 24.1 Å². The molecule has 1 saturated heterocycles. The second-order valence-corrected chi connectivity index (χ2v) is 8.91. The van der Waals surface area contributed by atoms with Crippen LogP contribution in [0.2, 0.25) is 0 Å². The van der Waals surface area contributed by atoms with E-state index in [1.165, 1.54) is 24.3 Å². The highest BCUT2D eigenvalue weighted by molar-refractivity contribution is 5.88. The van der Waals surface area contributed by atoms with Gasteiger partial charge in [0.2, 0.25) is 5.84 Å². The number of alkyl halides is 6. The Hall–Kier alpha value is -3.73. The van der Waals surface area contributed by atoms with Crippen LogP contribution in [0.1, 0.15) is 17.2 Å². The summed E-state index contributed by atoms with van der Waals surface area (Å²) in [5.41, 5.74) is 1.91. The summed E-state index contributed by atoms with van der Waals surface area (Å²) in [6.07, 6.45) is -10.6. The molecule has 200 valence electrons. The maximum Gasteiger partial charge on any atom is 0.494 e. The number of piperazine rings is 1. The van der Waals surface area contributed by atoms with Gasteiger partial charge >= 0.3 is 18.3 Å². The number of para-hydroxylation sites is 2. The predicted octanol–water partition coefficient (Wildman–Crippen LogP) is 6.04. The van der Waals surface area contributed by atoms with Gasteiger partial charge < -0.3 is 14.4 Å². The summed E-state index contributed by atoms with van der Waals surface area (Å²) in [6, 6.07) is 23.9. The summed E-state index contributed by atoms with van der Waals surface area (Å²) in [7, 11) is 0. The Morgan fingerprint density at radius 3 is 1.55 bits per heavy atom. The van der Waals surface area contributed by atoms with Gasteiger partial charge in [-0.05, 0) is 23.3 Å². The lowest BCUT2D eigenvalue weighted by atomic mass is 9.96. The van der Waals surface area contributed by atoms with E-state index in [-0.39, 0.29) is 43.7 Å². The Bertz CT molecular complexity index is 1210. The molecule has 0 spiro atoms. The molecule has 5 rings (SSSR count). The van der Waals surface area contributed by atoms with Gasteiger partial charge in [-0.1, -0.05) is 72.8 Å². The summed E-state index contributed by atoms with van der Waals surface area (Å²) >= 11 is 0. The van der Waals surface area contributed by atoms with Gasteiger partial charge in [-0.15, -0.1) is 0 Å². The van der Waals surface area contributed by atoms with Gasteiger partial charge in [0, 0.05) is 26.2 Å². The first kappa shape index (κ1) is 25.9. The SMILES string of the molecule is FC(F)(F)/C(=N/C1(C(F)(F)F)Oc2ccccc2O1)N1CCN(C(c2ccccc2)c2ccccc2)CC1. The van der Waals surface area contributed by atoms with E-state index in [2.05, 4.69) is 4.99 Å². The molecule has 1 fully saturated rings. The van der Waals surface area contributed by atoms with Crippen molar-refractivity contribution in [3.63, 3.8) is 0 Å². The van der Waals surface area contributed by atoms with Crippen molar-refractivity contribution in [3.8, 4) is 11.5 Å². The van der Waals surface area contributed by atoms with Gasteiger partial charge in [-0.2, -0.15) is 31.3 Å². The van der Waals surface area contributed by atoms with Crippen molar-refractivity contribution >= 4 is 5.84 Å². The third-order valence-electron chi connectivity index (χ3n) is 6.42. The lowest BCUT2D eigenvalue weighted by molar-refractivity contribution is -0.306. The fourth-order valence-electron chi connectivity index (χ4n) is 4.69. The van der Waals surface area contributed by atoms with Crippen LogP contribution in [0.5, 0.6) is 11.5 Å². The van der Waals surface area contributed by atoms with Crippen LogP contribution in [0.4, 0.5) is 26.3 Å². The molecular weight excluding hydrogens is 512 g/mol. The standard InChI is InChI=1S/C27H23F6N3O2/c28-25(29,30)24(34-27(26(31,32)33)37-21-13-7-8-14-22(21)38-27)36-17-15-35(16-18-36)23(19-9-3-1-4-10-19)20-11-5-2-6-12-20/h1-14,23H,15-18H2/b34-24-. The summed E-state index contributed by atoms with van der Waals surface area (Å²) in [5, 5.41) is 0. The topological polar surface area (TPSA) is 37.3 Å². The summed E-state index contributed by atoms with van der Waals surface area (Å²) in [5.74, 6) is -6.21. The number of rotatable bonds is 4. The Balaban J connectivity index is 1.43. The first-order valence-electron chi connectivity index (χ1n) is 11.9. The third-order valence-corrected chi connectivity index (χ3v) is 6.42. The molecule has 0 radical (unpaired) electrons. The molecule has 2 aliphatic heterocycles. The number of hydrogen-bond donors (Lipinski definition) is 0. The molecule has 0 aromatic heterocycles. The molecule has 2 heterocycles. The predicted molar refractivity (Wildman–Crippen MR) is 128 cm³/mol. The maximum absolute atomic E-state index is 14.2. The van der Waals surface area contributed by atoms with Crippen LogP contribution in [0.25, 0.3) is 0 Å². The summed E-state index contributed by atoms with van der Waals surface area (Å²) in [6.45, 7) is -0.0835. The Morgan fingerprint density at radius 2 is 1.13 bits per heavy atom. The number of amidine groups is 1. The highest BCUT2D eigenvalue weighted by Gasteiger charge is 2.66. The zero-order valence-corrected chi connectivity index (χ0v) is 19.9. The maximum atomic E-state index is 14.2. The molecule has 0 amide bonds. The monoisotopic (exact) mass is 535 g/mol. The number of ether oxygens (including phenoxy) is 2. The van der Waals surface area contributed by atoms with Gasteiger partial charge in [-0.3, -0.25) is 4.90 Å². The molecule has 5 nitrogen and oxygen atoms in total. The van der Waals surface area contributed by atoms with Crippen LogP contribution >= 0.6 is 0 Å². The largest absolute Gasteiger partial charge is 0.494 e. The van der Waals surface area contributed by atoms with Crippen molar-refractivity contribution in [1.82, 2.24) is 9.80 Å². The van der Waals surface area contributed by atoms with Crippen LogP contribution in [-0.4, -0.2) is 60.1 Å². The Morgan fingerprint density at radius 1 is 0.684 bits per heavy atom. The molecule has 38 heavy (non-hydrogen) atoms. The molecular formula is C27H23F6N3O2. The Labute approximate surface area is 214 Å². The first-order chi connectivity index (χ1) is 18.1. The summed E-state index contributed by atoms with van der Waals surface area (Å²) in [4.78, 5) is 5.92. The van der Waals surface area contributed by atoms with Gasteiger partial charge in [0.05, 0.1) is 6.04 Å². The van der Waals surface area contributed by atoms with E-state index in [0.717, 1.165) is 16.0 Å². The van der Waals surface area contributed by atoms with Crippen molar-refractivity contribution in [3.05, 3.63) is 96.1 Å². The highest BCUT2D eigenvalue weighted by atomic mass is 19.4. The molecule has 0 N–H and O–H groups in total. The smallest absolute Gasteiger partial charge is 0.423 e. The molecule has 3 aromatic rings. The van der Waals surface area contributed by atoms with Crippen LogP contribution in [0.3, 0.4) is 0 Å². The highest BCUT2D eigenvalue weighted by Crippen LogP contribution is 2.47. The van der Waals surface area contributed by atoms with E-state index in [0.29, 0.717) is 0 Å². The normalized spacial score (nSPS) is 18.2. The second kappa shape index (κ2) is 9.86. The van der Waals surface area contributed by atoms with E-state index in [9.17, 15) is 26.3 Å². The van der Waals surface area contributed by atoms with Gasteiger partial charge in [0.1, 0.15) is 0 Å². The van der Waals surface area contributed by atoms with Crippen molar-refractivity contribution in [2.45, 2.75) is 24.3 Å². The van der Waals surface area contributed by atoms with Crippen molar-refractivity contribution < 1.29 is 35.8 Å². The molecule has 0 aliphatic carbocycles.